The van der Waals surface area contributed by atoms with Gasteiger partial charge in [-0.2, -0.15) is 5.10 Å². The lowest BCUT2D eigenvalue weighted by Crippen LogP contribution is -2.22. The molecule has 0 aliphatic rings. The molecule has 0 bridgehead atoms. The fourth-order valence-corrected chi connectivity index (χ4v) is 2.14. The second-order valence-electron chi connectivity index (χ2n) is 5.16. The van der Waals surface area contributed by atoms with Gasteiger partial charge in [-0.05, 0) is 24.6 Å². The van der Waals surface area contributed by atoms with Crippen LogP contribution < -0.4 is 5.43 Å². The number of hydrogen-bond donors (Lipinski definition) is 1. The van der Waals surface area contributed by atoms with E-state index < -0.39 is 11.0 Å². The maximum absolute atomic E-state index is 12.5. The van der Waals surface area contributed by atoms with Gasteiger partial charge < -0.3 is 4.74 Å². The molecule has 0 radical (unpaired) electrons. The number of nitrogens with one attached hydrogen (secondary N) is 1. The fraction of sp³-hybridized carbons (Fsp3) is 0.167. The number of ketones is 1. The molecule has 0 unspecified atom stereocenters. The van der Waals surface area contributed by atoms with E-state index in [1.807, 2.05) is 6.07 Å². The molecule has 8 nitrogen and oxygen atoms in total. The monoisotopic (exact) mass is 355 g/mol. The van der Waals surface area contributed by atoms with Gasteiger partial charge in [0.2, 0.25) is 0 Å². The summed E-state index contributed by atoms with van der Waals surface area (Å²) in [5.74, 6) is -0.284. The Morgan fingerprint density at radius 1 is 1.08 bits per heavy atom. The Morgan fingerprint density at radius 2 is 1.73 bits per heavy atom. The van der Waals surface area contributed by atoms with Gasteiger partial charge in [-0.1, -0.05) is 30.3 Å². The molecule has 1 N–H and O–H groups in total. The van der Waals surface area contributed by atoms with E-state index in [1.54, 1.807) is 31.2 Å². The summed E-state index contributed by atoms with van der Waals surface area (Å²) in [6.45, 7) is 1.86. The van der Waals surface area contributed by atoms with Crippen LogP contribution >= 0.6 is 0 Å². The van der Waals surface area contributed by atoms with Crippen molar-refractivity contribution in [3.63, 3.8) is 0 Å². The molecule has 0 aliphatic carbocycles. The molecule has 0 aliphatic heterocycles. The Hall–Kier alpha value is -3.55. The number of hydrazone groups is 1. The highest BCUT2D eigenvalue weighted by Gasteiger charge is 2.14. The summed E-state index contributed by atoms with van der Waals surface area (Å²) in [4.78, 5) is 34.1. The first-order valence-corrected chi connectivity index (χ1v) is 7.83. The molecule has 134 valence electrons. The summed E-state index contributed by atoms with van der Waals surface area (Å²) >= 11 is 0. The molecule has 8 heteroatoms. The number of Topliss-reactive ketones (excluding diaryl/α,β-unsaturated/α-hetero) is 1. The van der Waals surface area contributed by atoms with Crippen molar-refractivity contribution in [1.82, 2.24) is 5.43 Å². The maximum Gasteiger partial charge on any atom is 0.427 e. The van der Waals surface area contributed by atoms with Crippen LogP contribution in [0, 0.1) is 10.1 Å². The minimum atomic E-state index is -0.719. The third-order valence-electron chi connectivity index (χ3n) is 3.39. The Balaban J connectivity index is 2.20. The van der Waals surface area contributed by atoms with E-state index in [0.717, 1.165) is 0 Å². The molecule has 2 aromatic carbocycles. The lowest BCUT2D eigenvalue weighted by Gasteiger charge is -2.07. The second-order valence-corrected chi connectivity index (χ2v) is 5.16. The van der Waals surface area contributed by atoms with Crippen LogP contribution in [0.3, 0.4) is 0 Å². The zero-order valence-electron chi connectivity index (χ0n) is 14.0. The average molecular weight is 355 g/mol. The van der Waals surface area contributed by atoms with Gasteiger partial charge in [-0.25, -0.2) is 10.2 Å². The summed E-state index contributed by atoms with van der Waals surface area (Å²) in [6.07, 6.45) is -0.808. The van der Waals surface area contributed by atoms with Crippen molar-refractivity contribution >= 4 is 23.3 Å². The van der Waals surface area contributed by atoms with Gasteiger partial charge in [0.25, 0.3) is 5.69 Å². The molecule has 0 aromatic heterocycles. The Labute approximate surface area is 149 Å². The highest BCUT2D eigenvalue weighted by molar-refractivity contribution is 6.15. The molecule has 26 heavy (non-hydrogen) atoms. The molecule has 0 saturated carbocycles. The number of carbonyl (C=O) groups excluding carboxylic acids is 2. The zero-order valence-corrected chi connectivity index (χ0v) is 14.0. The number of nitro groups is 1. The van der Waals surface area contributed by atoms with Gasteiger partial charge in [0.1, 0.15) is 0 Å². The van der Waals surface area contributed by atoms with Crippen LogP contribution in [0.15, 0.2) is 59.7 Å². The van der Waals surface area contributed by atoms with Crippen LogP contribution in [-0.4, -0.2) is 29.1 Å². The van der Waals surface area contributed by atoms with E-state index in [4.69, 9.17) is 4.74 Å². The molecule has 0 fully saturated rings. The van der Waals surface area contributed by atoms with Crippen molar-refractivity contribution in [2.45, 2.75) is 13.3 Å². The van der Waals surface area contributed by atoms with Crippen molar-refractivity contribution in [1.29, 1.82) is 0 Å². The third-order valence-corrected chi connectivity index (χ3v) is 3.39. The van der Waals surface area contributed by atoms with Crippen LogP contribution in [0.2, 0.25) is 0 Å². The van der Waals surface area contributed by atoms with Gasteiger partial charge >= 0.3 is 6.09 Å². The van der Waals surface area contributed by atoms with Crippen LogP contribution in [0.4, 0.5) is 10.5 Å². The molecule has 2 rings (SSSR count). The van der Waals surface area contributed by atoms with Crippen LogP contribution in [0.5, 0.6) is 0 Å². The standard InChI is InChI=1S/C18H17N3O5/c1-2-26-18(23)20-19-16(13-6-4-3-5-7-13)12-17(22)14-8-10-15(11-9-14)21(24)25/h3-11H,2,12H2,1H3,(H,20,23)/b19-16-. The molecule has 1 amide bonds. The lowest BCUT2D eigenvalue weighted by atomic mass is 10.0. The molecular formula is C18H17N3O5. The summed E-state index contributed by atoms with van der Waals surface area (Å²) in [6, 6.07) is 14.2. The highest BCUT2D eigenvalue weighted by Crippen LogP contribution is 2.15. The van der Waals surface area contributed by atoms with Gasteiger partial charge in [0.15, 0.2) is 5.78 Å². The number of nitrogens with zero attached hydrogens (tertiary/aromatic N) is 2. The molecule has 0 heterocycles. The highest BCUT2D eigenvalue weighted by atomic mass is 16.6. The first-order chi connectivity index (χ1) is 12.5. The van der Waals surface area contributed by atoms with Gasteiger partial charge in [0, 0.05) is 17.7 Å². The number of ether oxygens (including phenoxy) is 1. The van der Waals surface area contributed by atoms with Crippen molar-refractivity contribution in [3.05, 3.63) is 75.8 Å². The molecule has 0 saturated heterocycles. The summed E-state index contributed by atoms with van der Waals surface area (Å²) in [5.41, 5.74) is 3.48. The average Bonchev–Trinajstić information content (AvgIpc) is 2.66. The van der Waals surface area contributed by atoms with Gasteiger partial charge in [-0.15, -0.1) is 0 Å². The number of carbonyl (C=O) groups is 2. The zero-order chi connectivity index (χ0) is 18.9. The molecule has 0 spiro atoms. The predicted octanol–water partition coefficient (Wildman–Crippen LogP) is 3.32. The number of benzene rings is 2. The van der Waals surface area contributed by atoms with Crippen LogP contribution in [0.1, 0.15) is 29.3 Å². The van der Waals surface area contributed by atoms with E-state index in [0.29, 0.717) is 16.8 Å². The minimum Gasteiger partial charge on any atom is -0.449 e. The number of hydrogen-bond acceptors (Lipinski definition) is 6. The molecule has 2 aromatic rings. The number of nitro benzene ring substituents is 1. The largest absolute Gasteiger partial charge is 0.449 e. The van der Waals surface area contributed by atoms with E-state index in [-0.39, 0.29) is 24.5 Å². The Kier molecular flexibility index (Phi) is 6.55. The van der Waals surface area contributed by atoms with Crippen LogP contribution in [0.25, 0.3) is 0 Å². The quantitative estimate of drug-likeness (QED) is 0.354. The van der Waals surface area contributed by atoms with Gasteiger partial charge in [0.05, 0.1) is 23.7 Å². The molecular weight excluding hydrogens is 338 g/mol. The van der Waals surface area contributed by atoms with Crippen molar-refractivity contribution in [2.75, 3.05) is 6.61 Å². The topological polar surface area (TPSA) is 111 Å². The SMILES string of the molecule is CCOC(=O)N/N=C(/CC(=O)c1ccc([N+](=O)[O-])cc1)c1ccccc1. The van der Waals surface area contributed by atoms with Gasteiger partial charge in [-0.3, -0.25) is 14.9 Å². The van der Waals surface area contributed by atoms with Crippen molar-refractivity contribution in [3.8, 4) is 0 Å². The number of non-ortho nitro benzene ring substituents is 1. The number of amides is 1. The Morgan fingerprint density at radius 3 is 2.31 bits per heavy atom. The summed E-state index contributed by atoms with van der Waals surface area (Å²) < 4.78 is 4.75. The smallest absolute Gasteiger partial charge is 0.427 e. The lowest BCUT2D eigenvalue weighted by molar-refractivity contribution is -0.384. The first kappa shape index (κ1) is 18.8. The number of rotatable bonds is 7. The molecule has 0 atom stereocenters. The van der Waals surface area contributed by atoms with E-state index in [9.17, 15) is 19.7 Å². The fourth-order valence-electron chi connectivity index (χ4n) is 2.14. The van der Waals surface area contributed by atoms with Crippen molar-refractivity contribution in [2.24, 2.45) is 5.10 Å². The predicted molar refractivity (Wildman–Crippen MR) is 95.2 cm³/mol. The Bertz CT molecular complexity index is 816. The first-order valence-electron chi connectivity index (χ1n) is 7.83. The van der Waals surface area contributed by atoms with Crippen molar-refractivity contribution < 1.29 is 19.2 Å². The van der Waals surface area contributed by atoms with Crippen LogP contribution in [-0.2, 0) is 4.74 Å². The second kappa shape index (κ2) is 9.07. The summed E-state index contributed by atoms with van der Waals surface area (Å²) in [7, 11) is 0. The van der Waals surface area contributed by atoms with E-state index in [2.05, 4.69) is 10.5 Å². The third kappa shape index (κ3) is 5.23. The van der Waals surface area contributed by atoms with E-state index in [1.165, 1.54) is 24.3 Å². The normalized spacial score (nSPS) is 10.9. The van der Waals surface area contributed by atoms with E-state index >= 15 is 0 Å². The maximum atomic E-state index is 12.5. The summed E-state index contributed by atoms with van der Waals surface area (Å²) in [5, 5.41) is 14.7. The minimum absolute atomic E-state index is 0.0891.